The standard InChI is InChI=1S/C16H15N5O6S2/c1-3-7-4-28-14-10(13(24)21(14)11(7)15(25)26)19-12(23)9(20-27)8-5-29-16(18-8)17-6(2)22/h3,5,10,14,27H,1,4H2,2H3,(H,19,23)(H,25,26)(H,17,18,22)/b20-9-/t10-,14-/m1/s1. The van der Waals surface area contributed by atoms with Crippen LogP contribution >= 0.6 is 23.1 Å². The van der Waals surface area contributed by atoms with Crippen molar-refractivity contribution in [2.24, 2.45) is 5.16 Å². The number of carbonyl (C=O) groups excluding carboxylic acids is 3. The molecule has 11 nitrogen and oxygen atoms in total. The molecule has 13 heteroatoms. The fourth-order valence-electron chi connectivity index (χ4n) is 2.81. The Morgan fingerprint density at radius 2 is 2.17 bits per heavy atom. The highest BCUT2D eigenvalue weighted by Crippen LogP contribution is 2.40. The first-order valence-corrected chi connectivity index (χ1v) is 10.0. The summed E-state index contributed by atoms with van der Waals surface area (Å²) in [5.74, 6) is -2.75. The number of oxime groups is 1. The van der Waals surface area contributed by atoms with E-state index in [4.69, 9.17) is 0 Å². The average molecular weight is 437 g/mol. The first-order chi connectivity index (χ1) is 13.8. The van der Waals surface area contributed by atoms with E-state index in [9.17, 15) is 29.5 Å². The third-order valence-electron chi connectivity index (χ3n) is 4.08. The number of fused-ring (bicyclic) bond motifs is 1. The molecule has 0 aliphatic carbocycles. The molecular formula is C16H15N5O6S2. The van der Waals surface area contributed by atoms with Crippen molar-refractivity contribution in [3.05, 3.63) is 35.0 Å². The quantitative estimate of drug-likeness (QED) is 0.212. The van der Waals surface area contributed by atoms with E-state index in [2.05, 4.69) is 27.4 Å². The number of nitrogens with zero attached hydrogens (tertiary/aromatic N) is 3. The number of thiazole rings is 1. The summed E-state index contributed by atoms with van der Waals surface area (Å²) >= 11 is 2.31. The number of carboxylic acids is 1. The second-order valence-electron chi connectivity index (χ2n) is 5.91. The van der Waals surface area contributed by atoms with Crippen molar-refractivity contribution >= 4 is 57.6 Å². The van der Waals surface area contributed by atoms with Gasteiger partial charge in [0, 0.05) is 18.1 Å². The molecule has 2 aliphatic rings. The summed E-state index contributed by atoms with van der Waals surface area (Å²) in [6, 6.07) is -0.988. The highest BCUT2D eigenvalue weighted by atomic mass is 32.2. The van der Waals surface area contributed by atoms with E-state index in [-0.39, 0.29) is 22.4 Å². The lowest BCUT2D eigenvalue weighted by atomic mass is 10.0. The second-order valence-corrected chi connectivity index (χ2v) is 7.87. The number of anilines is 1. The maximum absolute atomic E-state index is 12.5. The molecule has 1 aromatic rings. The van der Waals surface area contributed by atoms with Gasteiger partial charge < -0.3 is 20.9 Å². The first kappa shape index (κ1) is 20.5. The number of allylic oxidation sites excluding steroid dienone is 1. The van der Waals surface area contributed by atoms with E-state index < -0.39 is 34.9 Å². The van der Waals surface area contributed by atoms with Crippen LogP contribution in [0, 0.1) is 0 Å². The van der Waals surface area contributed by atoms with Crippen molar-refractivity contribution in [3.8, 4) is 0 Å². The normalized spacial score (nSPS) is 21.2. The highest BCUT2D eigenvalue weighted by Gasteiger charge is 2.54. The number of thioether (sulfide) groups is 1. The first-order valence-electron chi connectivity index (χ1n) is 8.08. The Kier molecular flexibility index (Phi) is 5.70. The fourth-order valence-corrected chi connectivity index (χ4v) is 4.89. The van der Waals surface area contributed by atoms with E-state index in [1.807, 2.05) is 0 Å². The molecule has 3 amide bonds. The molecule has 0 radical (unpaired) electrons. The van der Waals surface area contributed by atoms with Crippen LogP contribution in [0.4, 0.5) is 5.13 Å². The zero-order valence-electron chi connectivity index (χ0n) is 14.9. The molecule has 1 aromatic heterocycles. The topological polar surface area (TPSA) is 161 Å². The van der Waals surface area contributed by atoms with Gasteiger partial charge in [-0.25, -0.2) is 9.78 Å². The molecule has 2 atom stereocenters. The summed E-state index contributed by atoms with van der Waals surface area (Å²) in [5.41, 5.74) is -0.165. The molecule has 2 aliphatic heterocycles. The molecule has 3 heterocycles. The summed E-state index contributed by atoms with van der Waals surface area (Å²) in [5, 5.41) is 27.5. The molecule has 0 unspecified atom stereocenters. The predicted molar refractivity (Wildman–Crippen MR) is 105 cm³/mol. The van der Waals surface area contributed by atoms with Crippen molar-refractivity contribution < 1.29 is 29.5 Å². The van der Waals surface area contributed by atoms with Crippen molar-refractivity contribution in [1.29, 1.82) is 0 Å². The Balaban J connectivity index is 1.75. The largest absolute Gasteiger partial charge is 0.477 e. The lowest BCUT2D eigenvalue weighted by Crippen LogP contribution is -2.71. The van der Waals surface area contributed by atoms with Gasteiger partial charge in [0.15, 0.2) is 10.8 Å². The van der Waals surface area contributed by atoms with Gasteiger partial charge in [0.2, 0.25) is 5.91 Å². The van der Waals surface area contributed by atoms with Gasteiger partial charge in [0.05, 0.1) is 0 Å². The zero-order chi connectivity index (χ0) is 21.3. The summed E-state index contributed by atoms with van der Waals surface area (Å²) < 4.78 is 0. The number of carbonyl (C=O) groups is 4. The van der Waals surface area contributed by atoms with E-state index in [0.717, 1.165) is 16.2 Å². The number of nitrogens with one attached hydrogen (secondary N) is 2. The minimum Gasteiger partial charge on any atom is -0.477 e. The maximum Gasteiger partial charge on any atom is 0.352 e. The van der Waals surface area contributed by atoms with Crippen LogP contribution < -0.4 is 10.6 Å². The molecule has 0 saturated carbocycles. The molecule has 29 heavy (non-hydrogen) atoms. The van der Waals surface area contributed by atoms with E-state index in [0.29, 0.717) is 11.3 Å². The molecule has 1 fully saturated rings. The zero-order valence-corrected chi connectivity index (χ0v) is 16.5. The maximum atomic E-state index is 12.5. The number of β-lactam (4-membered cyclic amide) rings is 1. The lowest BCUT2D eigenvalue weighted by molar-refractivity contribution is -0.150. The van der Waals surface area contributed by atoms with Gasteiger partial charge in [0.1, 0.15) is 22.8 Å². The smallest absolute Gasteiger partial charge is 0.352 e. The third kappa shape index (κ3) is 3.73. The minimum atomic E-state index is -1.26. The molecule has 152 valence electrons. The fraction of sp³-hybridized carbons (Fsp3) is 0.250. The second kappa shape index (κ2) is 8.05. The molecule has 3 rings (SSSR count). The van der Waals surface area contributed by atoms with Crippen LogP contribution in [0.15, 0.2) is 34.5 Å². The van der Waals surface area contributed by atoms with Gasteiger partial charge in [-0.2, -0.15) is 0 Å². The molecule has 0 aromatic carbocycles. The van der Waals surface area contributed by atoms with Gasteiger partial charge in [-0.05, 0) is 5.57 Å². The van der Waals surface area contributed by atoms with Gasteiger partial charge in [0.25, 0.3) is 11.8 Å². The molecule has 4 N–H and O–H groups in total. The van der Waals surface area contributed by atoms with Gasteiger partial charge >= 0.3 is 5.97 Å². The Bertz CT molecular complexity index is 984. The number of aliphatic carboxylic acids is 1. The van der Waals surface area contributed by atoms with E-state index >= 15 is 0 Å². The van der Waals surface area contributed by atoms with Gasteiger partial charge in [-0.15, -0.1) is 23.1 Å². The average Bonchev–Trinajstić information content (AvgIpc) is 3.12. The van der Waals surface area contributed by atoms with Crippen molar-refractivity contribution in [2.45, 2.75) is 18.3 Å². The number of carboxylic acid groups (broad SMARTS) is 1. The number of hydrogen-bond acceptors (Lipinski definition) is 9. The number of aromatic nitrogens is 1. The minimum absolute atomic E-state index is 0.0127. The van der Waals surface area contributed by atoms with Crippen molar-refractivity contribution in [3.63, 3.8) is 0 Å². The Labute approximate surface area is 172 Å². The monoisotopic (exact) mass is 437 g/mol. The molecule has 0 bridgehead atoms. The molecule has 1 saturated heterocycles. The summed E-state index contributed by atoms with van der Waals surface area (Å²) in [4.78, 5) is 52.7. The highest BCUT2D eigenvalue weighted by molar-refractivity contribution is 8.00. The van der Waals surface area contributed by atoms with E-state index in [1.165, 1.54) is 30.1 Å². The summed E-state index contributed by atoms with van der Waals surface area (Å²) in [6.07, 6.45) is 1.39. The lowest BCUT2D eigenvalue weighted by Gasteiger charge is -2.49. The number of rotatable bonds is 6. The van der Waals surface area contributed by atoms with Crippen LogP contribution in [0.3, 0.4) is 0 Å². The van der Waals surface area contributed by atoms with Crippen molar-refractivity contribution in [1.82, 2.24) is 15.2 Å². The van der Waals surface area contributed by atoms with Gasteiger partial charge in [-0.3, -0.25) is 19.3 Å². The van der Waals surface area contributed by atoms with Crippen molar-refractivity contribution in [2.75, 3.05) is 11.1 Å². The van der Waals surface area contributed by atoms with Crippen LogP contribution in [-0.2, 0) is 19.2 Å². The predicted octanol–water partition coefficient (Wildman–Crippen LogP) is 0.204. The van der Waals surface area contributed by atoms with Crippen LogP contribution in [0.1, 0.15) is 12.6 Å². The molecular weight excluding hydrogens is 422 g/mol. The van der Waals surface area contributed by atoms with Crippen LogP contribution in [0.5, 0.6) is 0 Å². The SMILES string of the molecule is C=CC1=C(C(=O)O)N2C(=O)[C@@H](NC(=O)/C(=N\O)c3csc(NC(C)=O)n3)[C@H]2SC1. The Morgan fingerprint density at radius 3 is 2.76 bits per heavy atom. The Morgan fingerprint density at radius 1 is 1.45 bits per heavy atom. The van der Waals surface area contributed by atoms with E-state index in [1.54, 1.807) is 0 Å². The van der Waals surface area contributed by atoms with Crippen LogP contribution in [0.25, 0.3) is 0 Å². The van der Waals surface area contributed by atoms with Crippen LogP contribution in [-0.4, -0.2) is 66.8 Å². The van der Waals surface area contributed by atoms with Crippen LogP contribution in [0.2, 0.25) is 0 Å². The Hall–Kier alpha value is -3.19. The van der Waals surface area contributed by atoms with Gasteiger partial charge in [-0.1, -0.05) is 17.8 Å². The summed E-state index contributed by atoms with van der Waals surface area (Å²) in [7, 11) is 0. The third-order valence-corrected chi connectivity index (χ3v) is 6.14. The summed E-state index contributed by atoms with van der Waals surface area (Å²) in [6.45, 7) is 4.86. The number of amides is 3. The number of hydrogen-bond donors (Lipinski definition) is 4. The molecule has 0 spiro atoms.